The Balaban J connectivity index is 1.35. The monoisotopic (exact) mass is 543 g/mol. The zero-order valence-electron chi connectivity index (χ0n) is 23.2. The summed E-state index contributed by atoms with van der Waals surface area (Å²) >= 11 is 0. The van der Waals surface area contributed by atoms with E-state index in [4.69, 9.17) is 4.98 Å². The molecule has 1 aromatic carbocycles. The average molecular weight is 544 g/mol. The summed E-state index contributed by atoms with van der Waals surface area (Å²) in [6.07, 6.45) is 4.83. The molecule has 0 amide bonds. The highest BCUT2D eigenvalue weighted by Gasteiger charge is 2.22. The maximum Gasteiger partial charge on any atom is 0.161 e. The first-order valence-corrected chi connectivity index (χ1v) is 13.5. The van der Waals surface area contributed by atoms with E-state index in [2.05, 4.69) is 68.1 Å². The van der Waals surface area contributed by atoms with Crippen LogP contribution < -0.4 is 10.2 Å². The second kappa shape index (κ2) is 10.1. The maximum atomic E-state index is 15.3. The first-order chi connectivity index (χ1) is 19.1. The lowest BCUT2D eigenvalue weighted by molar-refractivity contribution is 0.145. The number of hydrogen-bond acceptors (Lipinski definition) is 8. The van der Waals surface area contributed by atoms with Crippen LogP contribution >= 0.6 is 0 Å². The number of aromatic amines is 2. The maximum absolute atomic E-state index is 15.3. The molecule has 1 saturated heterocycles. The number of anilines is 2. The summed E-state index contributed by atoms with van der Waals surface area (Å²) in [5.41, 5.74) is 5.18. The van der Waals surface area contributed by atoms with E-state index >= 15 is 4.39 Å². The van der Waals surface area contributed by atoms with Crippen LogP contribution in [0, 0.1) is 11.2 Å². The van der Waals surface area contributed by atoms with Crippen LogP contribution in [0.15, 0.2) is 42.9 Å². The molecule has 1 aliphatic rings. The van der Waals surface area contributed by atoms with Gasteiger partial charge < -0.3 is 25.2 Å². The topological polar surface area (TPSA) is 122 Å². The Labute approximate surface area is 231 Å². The van der Waals surface area contributed by atoms with Gasteiger partial charge in [0.1, 0.15) is 23.3 Å². The number of aliphatic hydroxyl groups excluding tert-OH is 1. The summed E-state index contributed by atoms with van der Waals surface area (Å²) in [7, 11) is 2.13. The molecular weight excluding hydrogens is 509 g/mol. The standard InChI is InChI=1S/C29H34FN9O/c1-29(2,3)14-24(40)33-18-11-17(15-31-16-18)19-12-20-22(13-21(19)30)36-37-25(20)28-34-26-23(5-6-32-27(26)35-28)39-9-7-38(4)8-10-39/h5-6,11-13,15-16,24,33,40H,7-10,14H2,1-4H3,(H,36,37)(H,32,34,35). The molecule has 0 bridgehead atoms. The predicted octanol–water partition coefficient (Wildman–Crippen LogP) is 4.62. The molecule has 4 N–H and O–H groups in total. The molecule has 1 unspecified atom stereocenters. The smallest absolute Gasteiger partial charge is 0.161 e. The molecule has 1 aliphatic heterocycles. The lowest BCUT2D eigenvalue weighted by Crippen LogP contribution is -2.44. The number of aliphatic hydroxyl groups is 1. The molecule has 4 aromatic heterocycles. The van der Waals surface area contributed by atoms with Crippen LogP contribution in [-0.4, -0.2) is 79.6 Å². The third-order valence-corrected chi connectivity index (χ3v) is 7.27. The zero-order valence-corrected chi connectivity index (χ0v) is 23.2. The lowest BCUT2D eigenvalue weighted by Gasteiger charge is -2.33. The third kappa shape index (κ3) is 5.22. The molecular formula is C29H34FN9O. The molecule has 0 radical (unpaired) electrons. The van der Waals surface area contributed by atoms with Gasteiger partial charge in [0.15, 0.2) is 11.5 Å². The number of fused-ring (bicyclic) bond motifs is 2. The quantitative estimate of drug-likeness (QED) is 0.229. The van der Waals surface area contributed by atoms with Crippen LogP contribution in [0.5, 0.6) is 0 Å². The van der Waals surface area contributed by atoms with Crippen molar-refractivity contribution in [2.45, 2.75) is 33.4 Å². The molecule has 5 heterocycles. The van der Waals surface area contributed by atoms with Crippen molar-refractivity contribution in [2.75, 3.05) is 43.4 Å². The SMILES string of the molecule is CN1CCN(c2ccnc3[nH]c(-c4n[nH]c5cc(F)c(-c6cncc(NC(O)CC(C)(C)C)c6)cc45)nc23)CC1. The van der Waals surface area contributed by atoms with Crippen molar-refractivity contribution in [1.82, 2.24) is 35.0 Å². The number of benzene rings is 1. The van der Waals surface area contributed by atoms with Gasteiger partial charge in [0.25, 0.3) is 0 Å². The average Bonchev–Trinajstić information content (AvgIpc) is 3.51. The van der Waals surface area contributed by atoms with Gasteiger partial charge in [-0.1, -0.05) is 20.8 Å². The van der Waals surface area contributed by atoms with Gasteiger partial charge in [-0.05, 0) is 37.1 Å². The van der Waals surface area contributed by atoms with Gasteiger partial charge in [0.05, 0.1) is 23.1 Å². The fourth-order valence-electron chi connectivity index (χ4n) is 5.24. The van der Waals surface area contributed by atoms with Crippen LogP contribution in [0.3, 0.4) is 0 Å². The minimum atomic E-state index is -0.748. The van der Waals surface area contributed by atoms with Crippen LogP contribution in [0.1, 0.15) is 27.2 Å². The molecule has 6 rings (SSSR count). The predicted molar refractivity (Wildman–Crippen MR) is 156 cm³/mol. The van der Waals surface area contributed by atoms with Crippen molar-refractivity contribution < 1.29 is 9.50 Å². The second-order valence-corrected chi connectivity index (χ2v) is 11.7. The number of halogens is 1. The Morgan fingerprint density at radius 1 is 1.12 bits per heavy atom. The summed E-state index contributed by atoms with van der Waals surface area (Å²) in [6, 6.07) is 6.99. The number of rotatable bonds is 6. The van der Waals surface area contributed by atoms with E-state index in [1.807, 2.05) is 6.07 Å². The minimum Gasteiger partial charge on any atom is -0.374 e. The van der Waals surface area contributed by atoms with Gasteiger partial charge >= 0.3 is 0 Å². The Morgan fingerprint density at radius 3 is 2.70 bits per heavy atom. The van der Waals surface area contributed by atoms with E-state index in [1.165, 1.54) is 6.07 Å². The van der Waals surface area contributed by atoms with Gasteiger partial charge in [-0.2, -0.15) is 5.10 Å². The van der Waals surface area contributed by atoms with Gasteiger partial charge in [-0.3, -0.25) is 10.1 Å². The van der Waals surface area contributed by atoms with Crippen molar-refractivity contribution in [3.63, 3.8) is 0 Å². The number of piperazine rings is 1. The summed E-state index contributed by atoms with van der Waals surface area (Å²) in [6.45, 7) is 9.99. The van der Waals surface area contributed by atoms with E-state index in [0.29, 0.717) is 45.9 Å². The number of nitrogens with zero attached hydrogens (tertiary/aromatic N) is 6. The summed E-state index contributed by atoms with van der Waals surface area (Å²) < 4.78 is 15.3. The van der Waals surface area contributed by atoms with Crippen LogP contribution in [0.2, 0.25) is 0 Å². The Morgan fingerprint density at radius 2 is 1.93 bits per heavy atom. The van der Waals surface area contributed by atoms with E-state index in [-0.39, 0.29) is 5.41 Å². The van der Waals surface area contributed by atoms with Crippen LogP contribution in [0.25, 0.3) is 44.7 Å². The molecule has 0 aliphatic carbocycles. The fourth-order valence-corrected chi connectivity index (χ4v) is 5.24. The normalized spacial score (nSPS) is 15.7. The Bertz CT molecular complexity index is 1660. The van der Waals surface area contributed by atoms with E-state index in [1.54, 1.807) is 30.7 Å². The van der Waals surface area contributed by atoms with Gasteiger partial charge in [0, 0.05) is 61.2 Å². The molecule has 0 spiro atoms. The number of pyridine rings is 2. The van der Waals surface area contributed by atoms with Crippen LogP contribution in [-0.2, 0) is 0 Å². The Kier molecular flexibility index (Phi) is 6.63. The number of H-pyrrole nitrogens is 2. The van der Waals surface area contributed by atoms with Crippen molar-refractivity contribution >= 4 is 33.4 Å². The molecule has 40 heavy (non-hydrogen) atoms. The fraction of sp³-hybridized carbons (Fsp3) is 0.379. The van der Waals surface area contributed by atoms with Gasteiger partial charge in [-0.25, -0.2) is 14.4 Å². The molecule has 5 aromatic rings. The summed E-state index contributed by atoms with van der Waals surface area (Å²) in [5, 5.41) is 21.7. The summed E-state index contributed by atoms with van der Waals surface area (Å²) in [4.78, 5) is 21.7. The molecule has 0 saturated carbocycles. The third-order valence-electron chi connectivity index (χ3n) is 7.27. The summed E-state index contributed by atoms with van der Waals surface area (Å²) in [5.74, 6) is 0.159. The van der Waals surface area contributed by atoms with E-state index < -0.39 is 12.0 Å². The number of aromatic nitrogens is 6. The first kappa shape index (κ1) is 26.1. The van der Waals surface area contributed by atoms with Crippen molar-refractivity contribution in [1.29, 1.82) is 0 Å². The van der Waals surface area contributed by atoms with Gasteiger partial charge in [-0.15, -0.1) is 0 Å². The highest BCUT2D eigenvalue weighted by Crippen LogP contribution is 2.34. The van der Waals surface area contributed by atoms with Crippen LogP contribution in [0.4, 0.5) is 15.8 Å². The number of hydrogen-bond donors (Lipinski definition) is 4. The molecule has 11 heteroatoms. The van der Waals surface area contributed by atoms with Crippen molar-refractivity contribution in [3.8, 4) is 22.6 Å². The molecule has 1 fully saturated rings. The number of nitrogens with one attached hydrogen (secondary N) is 3. The van der Waals surface area contributed by atoms with E-state index in [9.17, 15) is 5.11 Å². The molecule has 1 atom stereocenters. The lowest BCUT2D eigenvalue weighted by atomic mass is 9.91. The zero-order chi connectivity index (χ0) is 28.0. The van der Waals surface area contributed by atoms with Crippen molar-refractivity contribution in [2.24, 2.45) is 5.41 Å². The molecule has 208 valence electrons. The largest absolute Gasteiger partial charge is 0.374 e. The number of likely N-dealkylation sites (N-methyl/N-ethyl adjacent to an activating group) is 1. The van der Waals surface area contributed by atoms with Gasteiger partial charge in [0.2, 0.25) is 0 Å². The highest BCUT2D eigenvalue weighted by molar-refractivity contribution is 5.97. The number of imidazole rings is 1. The molecule has 10 nitrogen and oxygen atoms in total. The first-order valence-electron chi connectivity index (χ1n) is 13.5. The second-order valence-electron chi connectivity index (χ2n) is 11.7. The van der Waals surface area contributed by atoms with Crippen molar-refractivity contribution in [3.05, 3.63) is 48.7 Å². The highest BCUT2D eigenvalue weighted by atomic mass is 19.1. The minimum absolute atomic E-state index is 0.0519. The Hall–Kier alpha value is -4.09. The van der Waals surface area contributed by atoms with E-state index in [0.717, 1.165) is 42.8 Å².